The van der Waals surface area contributed by atoms with Crippen LogP contribution in [0.15, 0.2) is 24.3 Å². The Morgan fingerprint density at radius 1 is 1.50 bits per heavy atom. The number of nitrogens with zero attached hydrogens (tertiary/aromatic N) is 1. The summed E-state index contributed by atoms with van der Waals surface area (Å²) >= 11 is 0. The zero-order valence-corrected chi connectivity index (χ0v) is 8.10. The fraction of sp³-hybridized carbons (Fsp3) is 0.364. The van der Waals surface area contributed by atoms with Gasteiger partial charge in [-0.05, 0) is 12.5 Å². The second-order valence-electron chi connectivity index (χ2n) is 2.94. The molecule has 0 radical (unpaired) electrons. The molecule has 1 atom stereocenters. The summed E-state index contributed by atoms with van der Waals surface area (Å²) in [5.41, 5.74) is 0.839. The van der Waals surface area contributed by atoms with Crippen LogP contribution < -0.4 is 4.74 Å². The third kappa shape index (κ3) is 2.24. The highest BCUT2D eigenvalue weighted by Crippen LogP contribution is 2.27. The van der Waals surface area contributed by atoms with Crippen LogP contribution >= 0.6 is 0 Å². The molecule has 3 nitrogen and oxygen atoms in total. The molecule has 0 bridgehead atoms. The largest absolute Gasteiger partial charge is 0.496 e. The maximum absolute atomic E-state index is 8.91. The summed E-state index contributed by atoms with van der Waals surface area (Å²) in [5.74, 6) is 0.406. The number of rotatable bonds is 4. The van der Waals surface area contributed by atoms with Crippen molar-refractivity contribution in [2.24, 2.45) is 0 Å². The Morgan fingerprint density at radius 3 is 2.79 bits per heavy atom. The summed E-state index contributed by atoms with van der Waals surface area (Å²) < 4.78 is 5.14. The van der Waals surface area contributed by atoms with Crippen molar-refractivity contribution in [2.75, 3.05) is 13.7 Å². The second-order valence-corrected chi connectivity index (χ2v) is 2.94. The number of aliphatic hydroxyl groups is 1. The van der Waals surface area contributed by atoms with Gasteiger partial charge in [-0.25, -0.2) is 0 Å². The van der Waals surface area contributed by atoms with E-state index < -0.39 is 0 Å². The van der Waals surface area contributed by atoms with Gasteiger partial charge in [0.1, 0.15) is 5.75 Å². The van der Waals surface area contributed by atoms with Crippen LogP contribution in [0.4, 0.5) is 0 Å². The predicted molar refractivity (Wildman–Crippen MR) is 53.1 cm³/mol. The van der Waals surface area contributed by atoms with Gasteiger partial charge in [-0.1, -0.05) is 18.2 Å². The highest BCUT2D eigenvalue weighted by molar-refractivity contribution is 5.38. The van der Waals surface area contributed by atoms with Crippen LogP contribution in [0.1, 0.15) is 17.9 Å². The van der Waals surface area contributed by atoms with E-state index in [1.54, 1.807) is 7.11 Å². The van der Waals surface area contributed by atoms with E-state index in [0.717, 1.165) is 5.56 Å². The SMILES string of the molecule is COc1ccccc1C(C#N)CCO. The van der Waals surface area contributed by atoms with Gasteiger partial charge < -0.3 is 9.84 Å². The number of nitriles is 1. The van der Waals surface area contributed by atoms with Gasteiger partial charge in [0.15, 0.2) is 0 Å². The number of aliphatic hydroxyl groups excluding tert-OH is 1. The van der Waals surface area contributed by atoms with Crippen molar-refractivity contribution in [3.8, 4) is 11.8 Å². The van der Waals surface area contributed by atoms with Crippen LogP contribution in [0, 0.1) is 11.3 Å². The average molecular weight is 191 g/mol. The molecule has 1 aromatic carbocycles. The van der Waals surface area contributed by atoms with Gasteiger partial charge in [0.05, 0.1) is 19.1 Å². The molecule has 74 valence electrons. The molecular weight excluding hydrogens is 178 g/mol. The van der Waals surface area contributed by atoms with E-state index in [0.29, 0.717) is 12.2 Å². The van der Waals surface area contributed by atoms with Crippen molar-refractivity contribution < 1.29 is 9.84 Å². The zero-order valence-electron chi connectivity index (χ0n) is 8.10. The summed E-state index contributed by atoms with van der Waals surface area (Å²) in [4.78, 5) is 0. The smallest absolute Gasteiger partial charge is 0.123 e. The van der Waals surface area contributed by atoms with Crippen LogP contribution in [0.3, 0.4) is 0 Å². The molecule has 0 aliphatic carbocycles. The highest BCUT2D eigenvalue weighted by atomic mass is 16.5. The molecular formula is C11H13NO2. The Morgan fingerprint density at radius 2 is 2.21 bits per heavy atom. The molecule has 0 saturated carbocycles. The van der Waals surface area contributed by atoms with E-state index in [2.05, 4.69) is 6.07 Å². The van der Waals surface area contributed by atoms with E-state index in [1.165, 1.54) is 0 Å². The van der Waals surface area contributed by atoms with Crippen LogP contribution in [0.25, 0.3) is 0 Å². The van der Waals surface area contributed by atoms with E-state index in [4.69, 9.17) is 15.1 Å². The van der Waals surface area contributed by atoms with Crippen molar-refractivity contribution in [2.45, 2.75) is 12.3 Å². The molecule has 3 heteroatoms. The minimum atomic E-state index is -0.295. The summed E-state index contributed by atoms with van der Waals surface area (Å²) in [6, 6.07) is 9.54. The Kier molecular flexibility index (Phi) is 3.96. The average Bonchev–Trinajstić information content (AvgIpc) is 2.26. The fourth-order valence-corrected chi connectivity index (χ4v) is 1.37. The first kappa shape index (κ1) is 10.6. The standard InChI is InChI=1S/C11H13NO2/c1-14-11-5-3-2-4-10(11)9(8-12)6-7-13/h2-5,9,13H,6-7H2,1H3. The molecule has 0 saturated heterocycles. The minimum absolute atomic E-state index is 0.0102. The van der Waals surface area contributed by atoms with E-state index in [1.807, 2.05) is 24.3 Å². The lowest BCUT2D eigenvalue weighted by Gasteiger charge is -2.11. The van der Waals surface area contributed by atoms with Crippen LogP contribution in [-0.4, -0.2) is 18.8 Å². The number of hydrogen-bond acceptors (Lipinski definition) is 3. The third-order valence-corrected chi connectivity index (χ3v) is 2.09. The number of methoxy groups -OCH3 is 1. The van der Waals surface area contributed by atoms with Gasteiger partial charge in [0.25, 0.3) is 0 Å². The molecule has 1 unspecified atom stereocenters. The van der Waals surface area contributed by atoms with Crippen molar-refractivity contribution in [1.82, 2.24) is 0 Å². The summed E-state index contributed by atoms with van der Waals surface area (Å²) in [5, 5.41) is 17.7. The Labute approximate surface area is 83.6 Å². The van der Waals surface area contributed by atoms with E-state index in [9.17, 15) is 0 Å². The minimum Gasteiger partial charge on any atom is -0.496 e. The third-order valence-electron chi connectivity index (χ3n) is 2.09. The Bertz CT molecular complexity index is 330. The van der Waals surface area contributed by atoms with Crippen molar-refractivity contribution in [1.29, 1.82) is 5.26 Å². The number of hydrogen-bond donors (Lipinski definition) is 1. The van der Waals surface area contributed by atoms with Gasteiger partial charge >= 0.3 is 0 Å². The predicted octanol–water partition coefficient (Wildman–Crippen LogP) is 1.68. The maximum atomic E-state index is 8.91. The van der Waals surface area contributed by atoms with Crippen LogP contribution in [0.5, 0.6) is 5.75 Å². The first-order chi connectivity index (χ1) is 6.83. The highest BCUT2D eigenvalue weighted by Gasteiger charge is 2.13. The first-order valence-corrected chi connectivity index (χ1v) is 4.47. The molecule has 1 rings (SSSR count). The van der Waals surface area contributed by atoms with Crippen molar-refractivity contribution in [3.63, 3.8) is 0 Å². The summed E-state index contributed by atoms with van der Waals surface area (Å²) in [6.45, 7) is 0.0102. The molecule has 0 fully saturated rings. The molecule has 0 amide bonds. The van der Waals surface area contributed by atoms with E-state index >= 15 is 0 Å². The van der Waals surface area contributed by atoms with Gasteiger partial charge in [-0.3, -0.25) is 0 Å². The lowest BCUT2D eigenvalue weighted by atomic mass is 9.97. The fourth-order valence-electron chi connectivity index (χ4n) is 1.37. The summed E-state index contributed by atoms with van der Waals surface area (Å²) in [7, 11) is 1.58. The van der Waals surface area contributed by atoms with Gasteiger partial charge in [-0.15, -0.1) is 0 Å². The lowest BCUT2D eigenvalue weighted by Crippen LogP contribution is -2.01. The number of para-hydroxylation sites is 1. The zero-order chi connectivity index (χ0) is 10.4. The molecule has 1 aromatic rings. The number of ether oxygens (including phenoxy) is 1. The molecule has 0 aromatic heterocycles. The Balaban J connectivity index is 2.97. The van der Waals surface area contributed by atoms with Crippen molar-refractivity contribution >= 4 is 0 Å². The molecule has 0 heterocycles. The molecule has 0 aliphatic heterocycles. The topological polar surface area (TPSA) is 53.2 Å². The Hall–Kier alpha value is -1.53. The second kappa shape index (κ2) is 5.25. The van der Waals surface area contributed by atoms with Crippen molar-refractivity contribution in [3.05, 3.63) is 29.8 Å². The van der Waals surface area contributed by atoms with Crippen LogP contribution in [-0.2, 0) is 0 Å². The maximum Gasteiger partial charge on any atom is 0.123 e. The molecule has 14 heavy (non-hydrogen) atoms. The van der Waals surface area contributed by atoms with E-state index in [-0.39, 0.29) is 12.5 Å². The van der Waals surface area contributed by atoms with Gasteiger partial charge in [0, 0.05) is 12.2 Å². The molecule has 0 aliphatic rings. The summed E-state index contributed by atoms with van der Waals surface area (Å²) in [6.07, 6.45) is 0.441. The van der Waals surface area contributed by atoms with Crippen LogP contribution in [0.2, 0.25) is 0 Å². The first-order valence-electron chi connectivity index (χ1n) is 4.47. The van der Waals surface area contributed by atoms with Gasteiger partial charge in [0.2, 0.25) is 0 Å². The molecule has 0 spiro atoms. The monoisotopic (exact) mass is 191 g/mol. The number of benzene rings is 1. The normalized spacial score (nSPS) is 11.8. The lowest BCUT2D eigenvalue weighted by molar-refractivity contribution is 0.282. The quantitative estimate of drug-likeness (QED) is 0.787. The molecule has 1 N–H and O–H groups in total. The van der Waals surface area contributed by atoms with Gasteiger partial charge in [-0.2, -0.15) is 5.26 Å².